The summed E-state index contributed by atoms with van der Waals surface area (Å²) in [4.78, 5) is 29.1. The van der Waals surface area contributed by atoms with Crippen LogP contribution in [0.3, 0.4) is 0 Å². The summed E-state index contributed by atoms with van der Waals surface area (Å²) in [6.07, 6.45) is 1.01. The Morgan fingerprint density at radius 1 is 1.41 bits per heavy atom. The number of H-pyrrole nitrogens is 1. The number of fused-ring (bicyclic) bond motifs is 1. The van der Waals surface area contributed by atoms with E-state index in [1.54, 1.807) is 0 Å². The van der Waals surface area contributed by atoms with E-state index < -0.39 is 0 Å². The maximum Gasteiger partial charge on any atom is 0.254 e. The number of nitrogens with zero attached hydrogens (tertiary/aromatic N) is 1. The van der Waals surface area contributed by atoms with E-state index in [4.69, 9.17) is 0 Å². The van der Waals surface area contributed by atoms with E-state index >= 15 is 0 Å². The van der Waals surface area contributed by atoms with Crippen molar-refractivity contribution < 1.29 is 4.79 Å². The third-order valence-electron chi connectivity index (χ3n) is 4.05. The molecule has 1 aromatic heterocycles. The molecule has 2 N–H and O–H groups in total. The molecule has 5 nitrogen and oxygen atoms in total. The first-order valence-corrected chi connectivity index (χ1v) is 7.25. The highest BCUT2D eigenvalue weighted by Crippen LogP contribution is 2.21. The SMILES string of the molecule is CNCC1CCN(C(=O)c2cc(=O)[nH]c3ccccc23)C1.Cl. The van der Waals surface area contributed by atoms with Crippen molar-refractivity contribution in [3.8, 4) is 0 Å². The maximum absolute atomic E-state index is 12.7. The van der Waals surface area contributed by atoms with Crippen molar-refractivity contribution in [2.75, 3.05) is 26.7 Å². The molecule has 2 aromatic rings. The van der Waals surface area contributed by atoms with Crippen LogP contribution < -0.4 is 10.9 Å². The Kier molecular flexibility index (Phi) is 5.21. The summed E-state index contributed by atoms with van der Waals surface area (Å²) < 4.78 is 0. The van der Waals surface area contributed by atoms with Crippen molar-refractivity contribution in [2.24, 2.45) is 5.92 Å². The summed E-state index contributed by atoms with van der Waals surface area (Å²) in [6, 6.07) is 8.84. The number of nitrogens with one attached hydrogen (secondary N) is 2. The summed E-state index contributed by atoms with van der Waals surface area (Å²) in [5.74, 6) is 0.447. The fourth-order valence-electron chi connectivity index (χ4n) is 3.02. The fraction of sp³-hybridized carbons (Fsp3) is 0.375. The number of aromatic amines is 1. The molecule has 1 aromatic carbocycles. The summed E-state index contributed by atoms with van der Waals surface area (Å²) >= 11 is 0. The van der Waals surface area contributed by atoms with Gasteiger partial charge >= 0.3 is 0 Å². The third kappa shape index (κ3) is 3.15. The van der Waals surface area contributed by atoms with Gasteiger partial charge in [-0.3, -0.25) is 9.59 Å². The number of rotatable bonds is 3. The highest BCUT2D eigenvalue weighted by Gasteiger charge is 2.27. The second-order valence-electron chi connectivity index (χ2n) is 5.56. The number of aromatic nitrogens is 1. The van der Waals surface area contributed by atoms with Gasteiger partial charge in [0, 0.05) is 30.1 Å². The van der Waals surface area contributed by atoms with Gasteiger partial charge in [-0.25, -0.2) is 0 Å². The molecule has 22 heavy (non-hydrogen) atoms. The van der Waals surface area contributed by atoms with Crippen LogP contribution in [0.2, 0.25) is 0 Å². The van der Waals surface area contributed by atoms with E-state index in [0.29, 0.717) is 17.0 Å². The van der Waals surface area contributed by atoms with Crippen molar-refractivity contribution in [3.63, 3.8) is 0 Å². The summed E-state index contributed by atoms with van der Waals surface area (Å²) in [7, 11) is 1.93. The van der Waals surface area contributed by atoms with Crippen molar-refractivity contribution in [1.29, 1.82) is 0 Å². The molecule has 1 atom stereocenters. The monoisotopic (exact) mass is 321 g/mol. The highest BCUT2D eigenvalue weighted by molar-refractivity contribution is 6.06. The van der Waals surface area contributed by atoms with Crippen molar-refractivity contribution in [1.82, 2.24) is 15.2 Å². The van der Waals surface area contributed by atoms with Gasteiger partial charge in [0.1, 0.15) is 0 Å². The Morgan fingerprint density at radius 3 is 2.95 bits per heavy atom. The molecule has 1 fully saturated rings. The molecule has 118 valence electrons. The van der Waals surface area contributed by atoms with E-state index in [0.717, 1.165) is 31.4 Å². The molecule has 0 spiro atoms. The normalized spacial score (nSPS) is 17.5. The number of carbonyl (C=O) groups is 1. The minimum absolute atomic E-state index is 0. The highest BCUT2D eigenvalue weighted by atomic mass is 35.5. The molecule has 0 bridgehead atoms. The minimum Gasteiger partial charge on any atom is -0.338 e. The first-order valence-electron chi connectivity index (χ1n) is 7.25. The lowest BCUT2D eigenvalue weighted by Gasteiger charge is -2.17. The minimum atomic E-state index is -0.233. The van der Waals surface area contributed by atoms with Gasteiger partial charge < -0.3 is 15.2 Å². The maximum atomic E-state index is 12.7. The number of benzene rings is 1. The zero-order chi connectivity index (χ0) is 14.8. The predicted molar refractivity (Wildman–Crippen MR) is 89.8 cm³/mol. The number of hydrogen-bond donors (Lipinski definition) is 2. The Balaban J connectivity index is 0.00000176. The van der Waals surface area contributed by atoms with Crippen LogP contribution in [0.15, 0.2) is 35.1 Å². The zero-order valence-corrected chi connectivity index (χ0v) is 13.3. The second kappa shape index (κ2) is 6.94. The molecular formula is C16H20ClN3O2. The van der Waals surface area contributed by atoms with Gasteiger partial charge in [0.2, 0.25) is 5.56 Å². The quantitative estimate of drug-likeness (QED) is 0.903. The van der Waals surface area contributed by atoms with Gasteiger partial charge in [-0.15, -0.1) is 12.4 Å². The van der Waals surface area contributed by atoms with Gasteiger partial charge in [0.15, 0.2) is 0 Å². The van der Waals surface area contributed by atoms with Gasteiger partial charge in [0.05, 0.1) is 5.56 Å². The Bertz CT molecular complexity index is 729. The number of pyridine rings is 1. The molecule has 1 unspecified atom stereocenters. The zero-order valence-electron chi connectivity index (χ0n) is 12.5. The van der Waals surface area contributed by atoms with Crippen LogP contribution >= 0.6 is 12.4 Å². The number of amides is 1. The molecule has 0 aliphatic carbocycles. The van der Waals surface area contributed by atoms with Crippen LogP contribution in [0, 0.1) is 5.92 Å². The Morgan fingerprint density at radius 2 is 2.18 bits per heavy atom. The summed E-state index contributed by atoms with van der Waals surface area (Å²) in [5, 5.41) is 3.96. The smallest absolute Gasteiger partial charge is 0.254 e. The molecule has 6 heteroatoms. The lowest BCUT2D eigenvalue weighted by atomic mass is 10.1. The number of para-hydroxylation sites is 1. The molecular weight excluding hydrogens is 302 g/mol. The lowest BCUT2D eigenvalue weighted by Crippen LogP contribution is -2.31. The van der Waals surface area contributed by atoms with Crippen LogP contribution in [-0.2, 0) is 0 Å². The van der Waals surface area contributed by atoms with E-state index in [9.17, 15) is 9.59 Å². The van der Waals surface area contributed by atoms with Crippen LogP contribution in [0.1, 0.15) is 16.8 Å². The van der Waals surface area contributed by atoms with E-state index in [2.05, 4.69) is 10.3 Å². The molecule has 1 saturated heterocycles. The number of hydrogen-bond acceptors (Lipinski definition) is 3. The molecule has 1 amide bonds. The van der Waals surface area contributed by atoms with Gasteiger partial charge in [0.25, 0.3) is 5.91 Å². The second-order valence-corrected chi connectivity index (χ2v) is 5.56. The van der Waals surface area contributed by atoms with E-state index in [-0.39, 0.29) is 23.9 Å². The number of likely N-dealkylation sites (tertiary alicyclic amines) is 1. The van der Waals surface area contributed by atoms with E-state index in [1.165, 1.54) is 6.07 Å². The first-order chi connectivity index (χ1) is 10.2. The first kappa shape index (κ1) is 16.5. The molecule has 1 aliphatic rings. The Labute approximate surface area is 135 Å². The van der Waals surface area contributed by atoms with Crippen molar-refractivity contribution in [2.45, 2.75) is 6.42 Å². The average Bonchev–Trinajstić information content (AvgIpc) is 2.94. The number of halogens is 1. The Hall–Kier alpha value is -1.85. The van der Waals surface area contributed by atoms with Gasteiger partial charge in [-0.05, 0) is 32.0 Å². The topological polar surface area (TPSA) is 65.2 Å². The van der Waals surface area contributed by atoms with Crippen LogP contribution in [-0.4, -0.2) is 42.5 Å². The standard InChI is InChI=1S/C16H19N3O2.ClH/c1-17-9-11-6-7-19(10-11)16(21)13-8-15(20)18-14-5-3-2-4-12(13)14;/h2-5,8,11,17H,6-7,9-10H2,1H3,(H,18,20);1H. The average molecular weight is 322 g/mol. The molecule has 2 heterocycles. The molecule has 3 rings (SSSR count). The van der Waals surface area contributed by atoms with Crippen LogP contribution in [0.4, 0.5) is 0 Å². The molecule has 0 saturated carbocycles. The van der Waals surface area contributed by atoms with Gasteiger partial charge in [-0.1, -0.05) is 18.2 Å². The van der Waals surface area contributed by atoms with Crippen molar-refractivity contribution in [3.05, 3.63) is 46.2 Å². The molecule has 0 radical (unpaired) electrons. The van der Waals surface area contributed by atoms with E-state index in [1.807, 2.05) is 36.2 Å². The summed E-state index contributed by atoms with van der Waals surface area (Å²) in [6.45, 7) is 2.42. The number of carbonyl (C=O) groups excluding carboxylic acids is 1. The summed E-state index contributed by atoms with van der Waals surface area (Å²) in [5.41, 5.74) is 0.974. The lowest BCUT2D eigenvalue weighted by molar-refractivity contribution is 0.0789. The largest absolute Gasteiger partial charge is 0.338 e. The van der Waals surface area contributed by atoms with Gasteiger partial charge in [-0.2, -0.15) is 0 Å². The van der Waals surface area contributed by atoms with Crippen LogP contribution in [0.25, 0.3) is 10.9 Å². The third-order valence-corrected chi connectivity index (χ3v) is 4.05. The molecule has 1 aliphatic heterocycles. The fourth-order valence-corrected chi connectivity index (χ4v) is 3.02. The van der Waals surface area contributed by atoms with Crippen molar-refractivity contribution >= 4 is 29.2 Å². The van der Waals surface area contributed by atoms with Crippen LogP contribution in [0.5, 0.6) is 0 Å². The predicted octanol–water partition coefficient (Wildman–Crippen LogP) is 1.63.